The Morgan fingerprint density at radius 2 is 0.211 bits per heavy atom. The normalized spacial score (nSPS) is 6.34. The lowest BCUT2D eigenvalue weighted by molar-refractivity contribution is 0.399. The van der Waals surface area contributed by atoms with E-state index in [0.717, 1.165) is 78.2 Å². The van der Waals surface area contributed by atoms with Gasteiger partial charge < -0.3 is 56.2 Å². The molecule has 0 saturated heterocycles. The number of hydrogen-bond donors (Lipinski definition) is 11. The molecule has 6 rings (SSSR count). The van der Waals surface area contributed by atoms with E-state index in [4.69, 9.17) is 56.2 Å². The molecule has 0 spiro atoms. The Balaban J connectivity index is -0.0000000370. The van der Waals surface area contributed by atoms with Gasteiger partial charge in [0.15, 0.2) is 0 Å². The van der Waals surface area contributed by atoms with Crippen LogP contribution in [-0.2, 0) is 0 Å². The van der Waals surface area contributed by atoms with Gasteiger partial charge in [0.1, 0.15) is 0 Å². The second kappa shape index (κ2) is 144. The van der Waals surface area contributed by atoms with Gasteiger partial charge in [-0.15, -0.1) is 0 Å². The molecule has 0 aliphatic carbocycles. The fourth-order valence-corrected chi connectivity index (χ4v) is 3.21. The van der Waals surface area contributed by atoms with Gasteiger partial charge in [0, 0.05) is 78.2 Å². The molecule has 6 aromatic rings. The molecule has 0 saturated carbocycles. The van der Waals surface area contributed by atoms with Crippen LogP contribution in [0.1, 0.15) is 82.3 Å². The van der Waals surface area contributed by atoms with Gasteiger partial charge in [-0.2, -0.15) is 0 Å². The summed E-state index contributed by atoms with van der Waals surface area (Å²) in [5, 5.41) is 77.0. The zero-order valence-corrected chi connectivity index (χ0v) is 48.2. The Hall–Kier alpha value is -5.12. The SMILES string of the molecule is C.CC.CC.CC.CO.CO.CO.CO.CO.CO.CO.CO.CO.CO.CO.Cc1ccccc1.Cc1ccccc1.Cc1ccccc1.Cc1ccccc1.Cc1ccccc1.Cc1ccccc1. The van der Waals surface area contributed by atoms with E-state index in [1.807, 2.05) is 151 Å². The highest BCUT2D eigenvalue weighted by Gasteiger charge is 1.75. The topological polar surface area (TPSA) is 223 Å². The predicted octanol–water partition coefficient (Wildman–Crippen LogP) is 11.4. The monoisotopic (exact) mass is 1010 g/mol. The van der Waals surface area contributed by atoms with Crippen LogP contribution in [0.2, 0.25) is 0 Å². The molecule has 71 heavy (non-hydrogen) atoms. The molecule has 0 bridgehead atoms. The second-order valence-corrected chi connectivity index (χ2v) is 9.93. The van der Waals surface area contributed by atoms with Crippen LogP contribution in [0.3, 0.4) is 0 Å². The van der Waals surface area contributed by atoms with Gasteiger partial charge in [-0.05, 0) is 41.5 Å². The average molecular weight is 1010 g/mol. The fourth-order valence-electron chi connectivity index (χ4n) is 3.21. The molecular weight excluding hydrogens is 897 g/mol. The molecule has 11 heteroatoms. The lowest BCUT2D eigenvalue weighted by atomic mass is 10.2. The van der Waals surface area contributed by atoms with E-state index in [1.165, 1.54) is 33.4 Å². The first-order valence-electron chi connectivity index (χ1n) is 22.4. The summed E-state index contributed by atoms with van der Waals surface area (Å²) in [6.07, 6.45) is 0. The molecule has 0 fully saturated rings. The second-order valence-electron chi connectivity index (χ2n) is 9.93. The van der Waals surface area contributed by atoms with Gasteiger partial charge in [0.25, 0.3) is 0 Å². The number of hydrogen-bond acceptors (Lipinski definition) is 11. The zero-order valence-electron chi connectivity index (χ0n) is 48.2. The highest BCUT2D eigenvalue weighted by atomic mass is 16.3. The van der Waals surface area contributed by atoms with Gasteiger partial charge in [-0.1, -0.05) is 264 Å². The number of aryl methyl sites for hydroxylation is 6. The molecule has 0 unspecified atom stereocenters. The zero-order chi connectivity index (χ0) is 58.7. The summed E-state index contributed by atoms with van der Waals surface area (Å²) in [6.45, 7) is 24.5. The highest BCUT2D eigenvalue weighted by Crippen LogP contribution is 1.95. The van der Waals surface area contributed by atoms with Gasteiger partial charge in [-0.3, -0.25) is 0 Å². The molecule has 420 valence electrons. The van der Waals surface area contributed by atoms with Crippen LogP contribution in [-0.4, -0.2) is 134 Å². The quantitative estimate of drug-likeness (QED) is 0.0687. The summed E-state index contributed by atoms with van der Waals surface area (Å²) >= 11 is 0. The highest BCUT2D eigenvalue weighted by molar-refractivity contribution is 5.15. The maximum Gasteiger partial charge on any atom is 0.0319 e. The first kappa shape index (κ1) is 107. The molecular formula is C60H114O11. The number of rotatable bonds is 0. The Labute approximate surface area is 438 Å². The van der Waals surface area contributed by atoms with Crippen molar-refractivity contribution in [2.45, 2.75) is 90.5 Å². The molecule has 11 N–H and O–H groups in total. The minimum absolute atomic E-state index is 0. The largest absolute Gasteiger partial charge is 0.400 e. The molecule has 11 nitrogen and oxygen atoms in total. The van der Waals surface area contributed by atoms with Crippen molar-refractivity contribution >= 4 is 0 Å². The van der Waals surface area contributed by atoms with Crippen molar-refractivity contribution < 1.29 is 56.2 Å². The van der Waals surface area contributed by atoms with E-state index >= 15 is 0 Å². The van der Waals surface area contributed by atoms with E-state index in [9.17, 15) is 0 Å². The van der Waals surface area contributed by atoms with Crippen molar-refractivity contribution in [3.05, 3.63) is 215 Å². The van der Waals surface area contributed by atoms with E-state index < -0.39 is 0 Å². The van der Waals surface area contributed by atoms with Crippen LogP contribution >= 0.6 is 0 Å². The van der Waals surface area contributed by atoms with Crippen LogP contribution in [0.25, 0.3) is 0 Å². The average Bonchev–Trinajstić information content (AvgIpc) is 3.48. The Morgan fingerprint density at radius 1 is 0.155 bits per heavy atom. The molecule has 0 aliphatic rings. The maximum absolute atomic E-state index is 7.00. The van der Waals surface area contributed by atoms with E-state index in [0.29, 0.717) is 0 Å². The van der Waals surface area contributed by atoms with Crippen molar-refractivity contribution in [3.63, 3.8) is 0 Å². The predicted molar refractivity (Wildman–Crippen MR) is 317 cm³/mol. The van der Waals surface area contributed by atoms with Crippen LogP contribution in [0.5, 0.6) is 0 Å². The minimum Gasteiger partial charge on any atom is -0.400 e. The lowest BCUT2D eigenvalue weighted by Gasteiger charge is -1.82. The number of benzene rings is 6. The third-order valence-electron chi connectivity index (χ3n) is 5.64. The summed E-state index contributed by atoms with van der Waals surface area (Å²) in [4.78, 5) is 0. The van der Waals surface area contributed by atoms with Gasteiger partial charge in [-0.25, -0.2) is 0 Å². The Morgan fingerprint density at radius 3 is 0.239 bits per heavy atom. The van der Waals surface area contributed by atoms with E-state index in [-0.39, 0.29) is 7.43 Å². The molecule has 0 aliphatic heterocycles. The van der Waals surface area contributed by atoms with Crippen molar-refractivity contribution in [2.75, 3.05) is 78.2 Å². The minimum atomic E-state index is 0. The van der Waals surface area contributed by atoms with Crippen molar-refractivity contribution in [1.82, 2.24) is 0 Å². The maximum atomic E-state index is 7.00. The molecule has 0 radical (unpaired) electrons. The summed E-state index contributed by atoms with van der Waals surface area (Å²) < 4.78 is 0. The third kappa shape index (κ3) is 140. The van der Waals surface area contributed by atoms with Crippen molar-refractivity contribution in [2.24, 2.45) is 0 Å². The summed E-state index contributed by atoms with van der Waals surface area (Å²) in [7, 11) is 11.0. The standard InChI is InChI=1S/6C7H8.3C2H6.11CH4O.CH4/c6*1-7-5-3-2-4-6-7;14*1-2;/h6*2-6H,1H3;3*1-2H3;11*2H,1H3;1H4. The van der Waals surface area contributed by atoms with Crippen LogP contribution in [0, 0.1) is 41.5 Å². The fraction of sp³-hybridized carbons (Fsp3) is 0.400. The van der Waals surface area contributed by atoms with Gasteiger partial charge in [0.2, 0.25) is 0 Å². The smallest absolute Gasteiger partial charge is 0.0319 e. The number of aliphatic hydroxyl groups is 11. The Bertz CT molecular complexity index is 1110. The van der Waals surface area contributed by atoms with Gasteiger partial charge in [0.05, 0.1) is 0 Å². The first-order valence-corrected chi connectivity index (χ1v) is 22.4. The van der Waals surface area contributed by atoms with Crippen LogP contribution < -0.4 is 0 Å². The third-order valence-corrected chi connectivity index (χ3v) is 5.64. The molecule has 0 atom stereocenters. The molecule has 6 aromatic carbocycles. The summed E-state index contributed by atoms with van der Waals surface area (Å²) in [5.74, 6) is 0. The molecule has 0 heterocycles. The summed E-state index contributed by atoms with van der Waals surface area (Å²) in [5.41, 5.74) is 7.93. The van der Waals surface area contributed by atoms with Crippen molar-refractivity contribution in [1.29, 1.82) is 0 Å². The molecule has 0 aromatic heterocycles. The summed E-state index contributed by atoms with van der Waals surface area (Å²) in [6, 6.07) is 61.6. The Kier molecular flexibility index (Phi) is 217. The lowest BCUT2D eigenvalue weighted by Crippen LogP contribution is -1.62. The van der Waals surface area contributed by atoms with Crippen LogP contribution in [0.4, 0.5) is 0 Å². The van der Waals surface area contributed by atoms with Crippen LogP contribution in [0.15, 0.2) is 182 Å². The molecule has 0 amide bonds. The van der Waals surface area contributed by atoms with E-state index in [2.05, 4.69) is 114 Å². The van der Waals surface area contributed by atoms with E-state index in [1.54, 1.807) is 0 Å². The van der Waals surface area contributed by atoms with Gasteiger partial charge >= 0.3 is 0 Å². The first-order chi connectivity index (χ1) is 34.4. The van der Waals surface area contributed by atoms with Crippen molar-refractivity contribution in [3.8, 4) is 0 Å². The number of aliphatic hydroxyl groups excluding tert-OH is 11.